The van der Waals surface area contributed by atoms with Crippen LogP contribution in [-0.4, -0.2) is 29.4 Å². The highest BCUT2D eigenvalue weighted by atomic mass is 16.5. The van der Waals surface area contributed by atoms with Crippen LogP contribution in [0.5, 0.6) is 5.75 Å². The van der Waals surface area contributed by atoms with Gasteiger partial charge in [-0.3, -0.25) is 4.79 Å². The number of urea groups is 1. The molecule has 2 amide bonds. The number of methoxy groups -OCH3 is 1. The fraction of sp³-hybridized carbons (Fsp3) is 0.182. The molecule has 1 heterocycles. The van der Waals surface area contributed by atoms with E-state index in [-0.39, 0.29) is 17.8 Å². The monoisotopic (exact) mass is 393 g/mol. The molecule has 7 heteroatoms. The first kappa shape index (κ1) is 20.2. The van der Waals surface area contributed by atoms with Crippen LogP contribution in [0.15, 0.2) is 77.7 Å². The molecule has 0 aliphatic heterocycles. The van der Waals surface area contributed by atoms with Crippen molar-refractivity contribution in [1.29, 1.82) is 0 Å². The van der Waals surface area contributed by atoms with E-state index in [4.69, 9.17) is 4.74 Å². The van der Waals surface area contributed by atoms with E-state index in [2.05, 4.69) is 10.6 Å². The quantitative estimate of drug-likeness (QED) is 0.576. The van der Waals surface area contributed by atoms with Gasteiger partial charge in [-0.05, 0) is 35.4 Å². The van der Waals surface area contributed by atoms with Crippen LogP contribution in [-0.2, 0) is 6.54 Å². The Morgan fingerprint density at radius 3 is 2.48 bits per heavy atom. The van der Waals surface area contributed by atoms with Gasteiger partial charge in [0.1, 0.15) is 11.4 Å². The summed E-state index contributed by atoms with van der Waals surface area (Å²) in [6.45, 7) is 0.413. The number of benzene rings is 2. The molecule has 3 aromatic rings. The lowest BCUT2D eigenvalue weighted by Gasteiger charge is -2.14. The summed E-state index contributed by atoms with van der Waals surface area (Å²) in [6.07, 6.45) is 0.795. The maximum atomic E-state index is 12.6. The predicted molar refractivity (Wildman–Crippen MR) is 111 cm³/mol. The number of anilines is 1. The lowest BCUT2D eigenvalue weighted by molar-refractivity contribution is 0.175. The lowest BCUT2D eigenvalue weighted by Crippen LogP contribution is -2.35. The number of aliphatic hydroxyl groups is 1. The number of hydrogen-bond acceptors (Lipinski definition) is 4. The summed E-state index contributed by atoms with van der Waals surface area (Å²) < 4.78 is 6.60. The third-order valence-electron chi connectivity index (χ3n) is 4.42. The van der Waals surface area contributed by atoms with Crippen molar-refractivity contribution >= 4 is 11.7 Å². The van der Waals surface area contributed by atoms with E-state index in [0.29, 0.717) is 17.9 Å². The molecule has 1 aromatic heterocycles. The Balaban J connectivity index is 1.58. The van der Waals surface area contributed by atoms with E-state index < -0.39 is 12.1 Å². The van der Waals surface area contributed by atoms with Crippen LogP contribution in [0.25, 0.3) is 0 Å². The van der Waals surface area contributed by atoms with Crippen molar-refractivity contribution in [1.82, 2.24) is 9.88 Å². The van der Waals surface area contributed by atoms with Crippen molar-refractivity contribution in [3.63, 3.8) is 0 Å². The van der Waals surface area contributed by atoms with Gasteiger partial charge in [0, 0.05) is 12.7 Å². The van der Waals surface area contributed by atoms with Crippen molar-refractivity contribution in [2.45, 2.75) is 12.6 Å². The Morgan fingerprint density at radius 2 is 1.79 bits per heavy atom. The van der Waals surface area contributed by atoms with E-state index in [9.17, 15) is 14.7 Å². The van der Waals surface area contributed by atoms with Gasteiger partial charge in [-0.1, -0.05) is 42.5 Å². The van der Waals surface area contributed by atoms with Crippen LogP contribution in [0.3, 0.4) is 0 Å². The molecular formula is C22H23N3O4. The average molecular weight is 393 g/mol. The van der Waals surface area contributed by atoms with E-state index in [0.717, 1.165) is 5.56 Å². The van der Waals surface area contributed by atoms with Gasteiger partial charge in [-0.2, -0.15) is 0 Å². The Labute approximate surface area is 168 Å². The van der Waals surface area contributed by atoms with Gasteiger partial charge in [-0.25, -0.2) is 4.79 Å². The van der Waals surface area contributed by atoms with Gasteiger partial charge < -0.3 is 25.0 Å². The van der Waals surface area contributed by atoms with Crippen molar-refractivity contribution in [2.24, 2.45) is 0 Å². The molecule has 3 rings (SSSR count). The molecule has 0 fully saturated rings. The van der Waals surface area contributed by atoms with E-state index >= 15 is 0 Å². The zero-order valence-electron chi connectivity index (χ0n) is 16.0. The third kappa shape index (κ3) is 5.46. The number of carbonyl (C=O) groups is 1. The van der Waals surface area contributed by atoms with Gasteiger partial charge >= 0.3 is 6.03 Å². The van der Waals surface area contributed by atoms with Crippen LogP contribution in [0.2, 0.25) is 0 Å². The largest absolute Gasteiger partial charge is 0.497 e. The van der Waals surface area contributed by atoms with Crippen LogP contribution < -0.4 is 20.9 Å². The molecule has 0 radical (unpaired) electrons. The summed E-state index contributed by atoms with van der Waals surface area (Å²) in [7, 11) is 1.56. The molecule has 1 atom stereocenters. The maximum absolute atomic E-state index is 12.6. The lowest BCUT2D eigenvalue weighted by atomic mass is 10.1. The number of nitrogens with zero attached hydrogens (tertiary/aromatic N) is 1. The Bertz CT molecular complexity index is 1000. The number of nitrogens with one attached hydrogen (secondary N) is 2. The zero-order valence-corrected chi connectivity index (χ0v) is 16.0. The SMILES string of the molecule is COc1ccc(C(O)CNC(=O)Nc2cccn(Cc3ccccc3)c2=O)cc1. The molecule has 150 valence electrons. The van der Waals surface area contributed by atoms with Crippen molar-refractivity contribution in [3.8, 4) is 5.75 Å². The average Bonchev–Trinajstić information content (AvgIpc) is 2.75. The molecule has 29 heavy (non-hydrogen) atoms. The topological polar surface area (TPSA) is 92.6 Å². The summed E-state index contributed by atoms with van der Waals surface area (Å²) in [5, 5.41) is 15.3. The number of pyridine rings is 1. The van der Waals surface area contributed by atoms with Crippen molar-refractivity contribution in [3.05, 3.63) is 94.4 Å². The zero-order chi connectivity index (χ0) is 20.6. The number of aliphatic hydroxyl groups excluding tert-OH is 1. The number of carbonyl (C=O) groups excluding carboxylic acids is 1. The molecule has 1 unspecified atom stereocenters. The molecular weight excluding hydrogens is 370 g/mol. The predicted octanol–water partition coefficient (Wildman–Crippen LogP) is 2.76. The summed E-state index contributed by atoms with van der Waals surface area (Å²) in [5.41, 5.74) is 1.50. The highest BCUT2D eigenvalue weighted by molar-refractivity contribution is 5.88. The van der Waals surface area contributed by atoms with E-state index in [1.807, 2.05) is 30.3 Å². The number of ether oxygens (including phenoxy) is 1. The number of amides is 2. The summed E-state index contributed by atoms with van der Waals surface area (Å²) in [5.74, 6) is 0.683. The number of hydrogen-bond donors (Lipinski definition) is 3. The van der Waals surface area contributed by atoms with Crippen LogP contribution in [0, 0.1) is 0 Å². The summed E-state index contributed by atoms with van der Waals surface area (Å²) >= 11 is 0. The van der Waals surface area contributed by atoms with Gasteiger partial charge in [0.15, 0.2) is 0 Å². The smallest absolute Gasteiger partial charge is 0.319 e. The fourth-order valence-electron chi connectivity index (χ4n) is 2.84. The molecule has 0 spiro atoms. The summed E-state index contributed by atoms with van der Waals surface area (Å²) in [6, 6.07) is 19.2. The van der Waals surface area contributed by atoms with Crippen LogP contribution >= 0.6 is 0 Å². The second-order valence-corrected chi connectivity index (χ2v) is 6.46. The normalized spacial score (nSPS) is 11.5. The van der Waals surface area contributed by atoms with Crippen molar-refractivity contribution in [2.75, 3.05) is 19.0 Å². The van der Waals surface area contributed by atoms with Gasteiger partial charge in [0.2, 0.25) is 0 Å². The molecule has 0 aliphatic carbocycles. The molecule has 7 nitrogen and oxygen atoms in total. The highest BCUT2D eigenvalue weighted by Crippen LogP contribution is 2.17. The number of aromatic nitrogens is 1. The van der Waals surface area contributed by atoms with Crippen molar-refractivity contribution < 1.29 is 14.6 Å². The molecule has 0 aliphatic rings. The first-order valence-electron chi connectivity index (χ1n) is 9.17. The second-order valence-electron chi connectivity index (χ2n) is 6.46. The molecule has 2 aromatic carbocycles. The summed E-state index contributed by atoms with van der Waals surface area (Å²) in [4.78, 5) is 24.8. The number of rotatable bonds is 7. The standard InChI is InChI=1S/C22H23N3O4/c1-29-18-11-9-17(10-12-18)20(26)14-23-22(28)24-19-8-5-13-25(21(19)27)15-16-6-3-2-4-7-16/h2-13,20,26H,14-15H2,1H3,(H2,23,24,28). The minimum Gasteiger partial charge on any atom is -0.497 e. The highest BCUT2D eigenvalue weighted by Gasteiger charge is 2.11. The van der Waals surface area contributed by atoms with Gasteiger partial charge in [0.25, 0.3) is 5.56 Å². The molecule has 3 N–H and O–H groups in total. The molecule has 0 bridgehead atoms. The van der Waals surface area contributed by atoms with E-state index in [1.54, 1.807) is 49.7 Å². The minimum absolute atomic E-state index is 0.00318. The Morgan fingerprint density at radius 1 is 1.07 bits per heavy atom. The van der Waals surface area contributed by atoms with E-state index in [1.165, 1.54) is 4.57 Å². The first-order valence-corrected chi connectivity index (χ1v) is 9.17. The Kier molecular flexibility index (Phi) is 6.65. The van der Waals surface area contributed by atoms with Gasteiger partial charge in [-0.15, -0.1) is 0 Å². The van der Waals surface area contributed by atoms with Crippen LogP contribution in [0.4, 0.5) is 10.5 Å². The van der Waals surface area contributed by atoms with Crippen LogP contribution in [0.1, 0.15) is 17.2 Å². The molecule has 0 saturated carbocycles. The Hall–Kier alpha value is -3.58. The fourth-order valence-corrected chi connectivity index (χ4v) is 2.84. The second kappa shape index (κ2) is 9.57. The minimum atomic E-state index is -0.878. The third-order valence-corrected chi connectivity index (χ3v) is 4.42. The first-order chi connectivity index (χ1) is 14.1. The van der Waals surface area contributed by atoms with Gasteiger partial charge in [0.05, 0.1) is 19.8 Å². The molecule has 0 saturated heterocycles. The maximum Gasteiger partial charge on any atom is 0.319 e.